The zero-order chi connectivity index (χ0) is 21.6. The number of rotatable bonds is 7. The number of nitrogens with one attached hydrogen (secondary N) is 1. The quantitative estimate of drug-likeness (QED) is 0.565. The number of benzene rings is 1. The van der Waals surface area contributed by atoms with Gasteiger partial charge in [0.1, 0.15) is 12.1 Å². The van der Waals surface area contributed by atoms with Crippen LogP contribution in [0.4, 0.5) is 0 Å². The van der Waals surface area contributed by atoms with Crippen molar-refractivity contribution < 1.29 is 43.2 Å². The van der Waals surface area contributed by atoms with E-state index >= 15 is 0 Å². The van der Waals surface area contributed by atoms with Gasteiger partial charge >= 0.3 is 11.9 Å². The van der Waals surface area contributed by atoms with Gasteiger partial charge in [0.2, 0.25) is 5.91 Å². The van der Waals surface area contributed by atoms with Gasteiger partial charge in [-0.25, -0.2) is 0 Å². The van der Waals surface area contributed by atoms with Crippen LogP contribution in [0, 0.1) is 0 Å². The fraction of sp³-hybridized carbons (Fsp3) is 0.474. The molecule has 0 bridgehead atoms. The highest BCUT2D eigenvalue weighted by molar-refractivity contribution is 5.75. The van der Waals surface area contributed by atoms with Crippen molar-refractivity contribution in [3.63, 3.8) is 0 Å². The van der Waals surface area contributed by atoms with Gasteiger partial charge in [0.25, 0.3) is 0 Å². The lowest BCUT2D eigenvalue weighted by atomic mass is 9.95. The van der Waals surface area contributed by atoms with E-state index in [-0.39, 0.29) is 6.61 Å². The Kier molecular flexibility index (Phi) is 7.68. The molecule has 10 heteroatoms. The van der Waals surface area contributed by atoms with Gasteiger partial charge in [0.05, 0.1) is 12.6 Å². The summed E-state index contributed by atoms with van der Waals surface area (Å²) in [5.74, 6) is -3.81. The minimum atomic E-state index is -1.78. The molecule has 2 rings (SSSR count). The van der Waals surface area contributed by atoms with Gasteiger partial charge in [-0.3, -0.25) is 14.4 Å². The number of carbonyl (C=O) groups excluding carboxylic acids is 4. The second-order valence-electron chi connectivity index (χ2n) is 6.42. The normalized spacial score (nSPS) is 26.2. The Morgan fingerprint density at radius 3 is 2.10 bits per heavy atom. The molecule has 1 aliphatic rings. The Balaban J connectivity index is 2.36. The molecule has 5 atom stereocenters. The topological polar surface area (TPSA) is 140 Å². The fourth-order valence-electron chi connectivity index (χ4n) is 2.96. The molecule has 0 unspecified atom stereocenters. The van der Waals surface area contributed by atoms with Gasteiger partial charge in [0, 0.05) is 20.8 Å². The SMILES string of the molecule is CC(=O)N[C@H]1[C@@H](OCc2ccccc2)O[C@H](C(=O)[O-])[C@@H](OC(C)=O)[C@@H]1OC(C)=O. The van der Waals surface area contributed by atoms with E-state index in [1.165, 1.54) is 6.92 Å². The largest absolute Gasteiger partial charge is 0.547 e. The summed E-state index contributed by atoms with van der Waals surface area (Å²) >= 11 is 0. The summed E-state index contributed by atoms with van der Waals surface area (Å²) in [6.45, 7) is 3.39. The third-order valence-corrected chi connectivity index (χ3v) is 4.01. The first-order valence-corrected chi connectivity index (χ1v) is 8.82. The van der Waals surface area contributed by atoms with E-state index < -0.39 is 54.5 Å². The van der Waals surface area contributed by atoms with Crippen LogP contribution in [0.2, 0.25) is 0 Å². The van der Waals surface area contributed by atoms with Crippen LogP contribution in [0.1, 0.15) is 26.3 Å². The Morgan fingerprint density at radius 1 is 1.00 bits per heavy atom. The molecule has 1 amide bonds. The molecule has 0 aliphatic carbocycles. The highest BCUT2D eigenvalue weighted by atomic mass is 16.7. The van der Waals surface area contributed by atoms with Crippen LogP contribution in [0.15, 0.2) is 30.3 Å². The Labute approximate surface area is 167 Å². The van der Waals surface area contributed by atoms with Crippen LogP contribution in [-0.2, 0) is 44.7 Å². The molecular weight excluding hydrogens is 386 g/mol. The molecule has 1 aromatic carbocycles. The maximum atomic E-state index is 11.7. The Bertz CT molecular complexity index is 751. The van der Waals surface area contributed by atoms with Crippen molar-refractivity contribution in [3.05, 3.63) is 35.9 Å². The van der Waals surface area contributed by atoms with E-state index in [2.05, 4.69) is 5.32 Å². The van der Waals surface area contributed by atoms with Crippen LogP contribution in [0.3, 0.4) is 0 Å². The standard InChI is InChI=1S/C19H23NO9/c1-10(21)20-14-15(27-11(2)22)16(28-12(3)23)17(18(24)25)29-19(14)26-9-13-7-5-4-6-8-13/h4-8,14-17,19H,9H2,1-3H3,(H,20,21)(H,24,25)/p-1/t14-,15-,16+,17+,19+/m1/s1. The first-order chi connectivity index (χ1) is 13.7. The molecular formula is C19H22NO9-. The third-order valence-electron chi connectivity index (χ3n) is 4.01. The molecule has 1 heterocycles. The number of carboxylic acids is 1. The minimum Gasteiger partial charge on any atom is -0.547 e. The molecule has 0 aromatic heterocycles. The van der Waals surface area contributed by atoms with Gasteiger partial charge in [-0.2, -0.15) is 0 Å². The number of ether oxygens (including phenoxy) is 4. The number of carboxylic acid groups (broad SMARTS) is 1. The predicted octanol–water partition coefficient (Wildman–Crippen LogP) is -0.954. The minimum absolute atomic E-state index is 0.0202. The van der Waals surface area contributed by atoms with Crippen molar-refractivity contribution in [3.8, 4) is 0 Å². The summed E-state index contributed by atoms with van der Waals surface area (Å²) < 4.78 is 21.3. The molecule has 29 heavy (non-hydrogen) atoms. The maximum Gasteiger partial charge on any atom is 0.303 e. The van der Waals surface area contributed by atoms with Crippen molar-refractivity contribution >= 4 is 23.8 Å². The average molecular weight is 408 g/mol. The highest BCUT2D eigenvalue weighted by Gasteiger charge is 2.51. The van der Waals surface area contributed by atoms with Crippen molar-refractivity contribution in [2.75, 3.05) is 0 Å². The second-order valence-corrected chi connectivity index (χ2v) is 6.42. The molecule has 10 nitrogen and oxygen atoms in total. The zero-order valence-electron chi connectivity index (χ0n) is 16.2. The molecule has 158 valence electrons. The summed E-state index contributed by atoms with van der Waals surface area (Å²) in [5, 5.41) is 14.1. The van der Waals surface area contributed by atoms with E-state index in [0.717, 1.165) is 19.4 Å². The van der Waals surface area contributed by atoms with Crippen molar-refractivity contribution in [1.29, 1.82) is 0 Å². The first-order valence-electron chi connectivity index (χ1n) is 8.82. The Morgan fingerprint density at radius 2 is 1.59 bits per heavy atom. The Hall–Kier alpha value is -2.98. The van der Waals surface area contributed by atoms with Crippen molar-refractivity contribution in [2.24, 2.45) is 0 Å². The van der Waals surface area contributed by atoms with Gasteiger partial charge in [0.15, 0.2) is 18.5 Å². The van der Waals surface area contributed by atoms with E-state index in [9.17, 15) is 24.3 Å². The maximum absolute atomic E-state index is 11.7. The number of hydrogen-bond acceptors (Lipinski definition) is 9. The van der Waals surface area contributed by atoms with Crippen LogP contribution in [0.5, 0.6) is 0 Å². The third kappa shape index (κ3) is 6.26. The predicted molar refractivity (Wildman–Crippen MR) is 93.6 cm³/mol. The summed E-state index contributed by atoms with van der Waals surface area (Å²) in [7, 11) is 0. The molecule has 0 saturated carbocycles. The monoisotopic (exact) mass is 408 g/mol. The zero-order valence-corrected chi connectivity index (χ0v) is 16.2. The first kappa shape index (κ1) is 22.3. The number of hydrogen-bond donors (Lipinski definition) is 1. The van der Waals surface area contributed by atoms with E-state index in [4.69, 9.17) is 18.9 Å². The lowest BCUT2D eigenvalue weighted by Crippen LogP contribution is -2.68. The van der Waals surface area contributed by atoms with Crippen LogP contribution < -0.4 is 10.4 Å². The molecule has 1 N–H and O–H groups in total. The number of amides is 1. The van der Waals surface area contributed by atoms with Gasteiger partial charge in [-0.1, -0.05) is 30.3 Å². The summed E-state index contributed by atoms with van der Waals surface area (Å²) in [5.41, 5.74) is 0.758. The lowest BCUT2D eigenvalue weighted by Gasteiger charge is -2.45. The molecule has 0 radical (unpaired) electrons. The summed E-state index contributed by atoms with van der Waals surface area (Å²) in [6, 6.07) is 7.80. The van der Waals surface area contributed by atoms with Crippen molar-refractivity contribution in [1.82, 2.24) is 5.32 Å². The average Bonchev–Trinajstić information content (AvgIpc) is 2.63. The number of carbonyl (C=O) groups is 4. The summed E-state index contributed by atoms with van der Waals surface area (Å²) in [6.07, 6.45) is -6.03. The molecule has 0 spiro atoms. The van der Waals surface area contributed by atoms with Crippen LogP contribution >= 0.6 is 0 Å². The van der Waals surface area contributed by atoms with Crippen molar-refractivity contribution in [2.45, 2.75) is 58.0 Å². The smallest absolute Gasteiger partial charge is 0.303 e. The van der Waals surface area contributed by atoms with Gasteiger partial charge < -0.3 is 34.2 Å². The number of esters is 2. The highest BCUT2D eigenvalue weighted by Crippen LogP contribution is 2.28. The molecule has 1 fully saturated rings. The van der Waals surface area contributed by atoms with E-state index in [0.29, 0.717) is 0 Å². The molecule has 1 saturated heterocycles. The van der Waals surface area contributed by atoms with Crippen LogP contribution in [-0.4, -0.2) is 54.5 Å². The van der Waals surface area contributed by atoms with Crippen LogP contribution in [0.25, 0.3) is 0 Å². The van der Waals surface area contributed by atoms with E-state index in [1.807, 2.05) is 6.07 Å². The van der Waals surface area contributed by atoms with Gasteiger partial charge in [-0.05, 0) is 5.56 Å². The molecule has 1 aromatic rings. The fourth-order valence-corrected chi connectivity index (χ4v) is 2.96. The number of aliphatic carboxylic acids is 1. The second kappa shape index (κ2) is 9.99. The molecule has 1 aliphatic heterocycles. The van der Waals surface area contributed by atoms with Gasteiger partial charge in [-0.15, -0.1) is 0 Å². The summed E-state index contributed by atoms with van der Waals surface area (Å²) in [4.78, 5) is 46.4. The lowest BCUT2D eigenvalue weighted by molar-refractivity contribution is -0.342. The van der Waals surface area contributed by atoms with E-state index in [1.54, 1.807) is 24.3 Å².